The van der Waals surface area contributed by atoms with Crippen LogP contribution < -0.4 is 5.32 Å². The molecule has 0 aliphatic carbocycles. The van der Waals surface area contributed by atoms with Crippen molar-refractivity contribution in [1.82, 2.24) is 14.8 Å². The van der Waals surface area contributed by atoms with Crippen LogP contribution in [0.25, 0.3) is 10.9 Å². The molecule has 0 fully saturated rings. The zero-order valence-electron chi connectivity index (χ0n) is 19.9. The number of ether oxygens (including phenoxy) is 2. The van der Waals surface area contributed by atoms with Crippen molar-refractivity contribution in [3.63, 3.8) is 0 Å². The number of benzene rings is 2. The molecule has 2 heterocycles. The third kappa shape index (κ3) is 4.90. The number of aromatic nitrogens is 1. The Kier molecular flexibility index (Phi) is 6.32. The molecule has 2 amide bonds. The maximum absolute atomic E-state index is 13.0. The van der Waals surface area contributed by atoms with Crippen molar-refractivity contribution in [1.29, 1.82) is 0 Å². The van der Waals surface area contributed by atoms with Gasteiger partial charge in [0.1, 0.15) is 5.60 Å². The topological polar surface area (TPSA) is 89.9 Å². The van der Waals surface area contributed by atoms with Crippen molar-refractivity contribution in [2.45, 2.75) is 46.0 Å². The molecule has 2 aromatic carbocycles. The minimum atomic E-state index is -0.560. The van der Waals surface area contributed by atoms with Crippen molar-refractivity contribution in [3.8, 4) is 0 Å². The quantitative estimate of drug-likeness (QED) is 0.588. The third-order valence-corrected chi connectivity index (χ3v) is 5.68. The van der Waals surface area contributed by atoms with Gasteiger partial charge in [-0.2, -0.15) is 0 Å². The van der Waals surface area contributed by atoms with E-state index in [2.05, 4.69) is 5.32 Å². The SMILES string of the molecule is COC(=O)c1ccc(CNC(=O)c2cn3c4c(cccc24)CN(C(=O)OC(C)(C)C)CC3)cc1. The van der Waals surface area contributed by atoms with Gasteiger partial charge in [0.15, 0.2) is 0 Å². The number of methoxy groups -OCH3 is 1. The van der Waals surface area contributed by atoms with Gasteiger partial charge in [-0.05, 0) is 44.0 Å². The molecule has 8 heteroatoms. The minimum absolute atomic E-state index is 0.178. The van der Waals surface area contributed by atoms with Crippen LogP contribution >= 0.6 is 0 Å². The third-order valence-electron chi connectivity index (χ3n) is 5.68. The number of nitrogens with one attached hydrogen (secondary N) is 1. The van der Waals surface area contributed by atoms with Gasteiger partial charge >= 0.3 is 12.1 Å². The van der Waals surface area contributed by atoms with Gasteiger partial charge in [-0.1, -0.05) is 30.3 Å². The van der Waals surface area contributed by atoms with Gasteiger partial charge in [-0.15, -0.1) is 0 Å². The Morgan fingerprint density at radius 2 is 1.76 bits per heavy atom. The maximum atomic E-state index is 13.0. The van der Waals surface area contributed by atoms with Crippen LogP contribution in [0.1, 0.15) is 52.6 Å². The zero-order valence-corrected chi connectivity index (χ0v) is 19.9. The Hall–Kier alpha value is -3.81. The van der Waals surface area contributed by atoms with Crippen molar-refractivity contribution in [2.75, 3.05) is 13.7 Å². The van der Waals surface area contributed by atoms with Gasteiger partial charge in [-0.3, -0.25) is 4.79 Å². The lowest BCUT2D eigenvalue weighted by Crippen LogP contribution is -2.37. The molecular weight excluding hydrogens is 434 g/mol. The number of hydrogen-bond acceptors (Lipinski definition) is 5. The first-order chi connectivity index (χ1) is 16.2. The fourth-order valence-electron chi connectivity index (χ4n) is 4.07. The molecule has 0 unspecified atom stereocenters. The number of hydrogen-bond donors (Lipinski definition) is 1. The van der Waals surface area contributed by atoms with E-state index in [1.165, 1.54) is 7.11 Å². The molecule has 0 saturated carbocycles. The second kappa shape index (κ2) is 9.21. The van der Waals surface area contributed by atoms with Crippen LogP contribution in [0.4, 0.5) is 4.79 Å². The summed E-state index contributed by atoms with van der Waals surface area (Å²) in [6.07, 6.45) is 1.51. The van der Waals surface area contributed by atoms with Crippen LogP contribution in [0.2, 0.25) is 0 Å². The Balaban J connectivity index is 1.51. The monoisotopic (exact) mass is 463 g/mol. The fourth-order valence-corrected chi connectivity index (χ4v) is 4.07. The van der Waals surface area contributed by atoms with Crippen LogP contribution in [0.5, 0.6) is 0 Å². The van der Waals surface area contributed by atoms with Crippen molar-refractivity contribution in [2.24, 2.45) is 0 Å². The number of esters is 1. The largest absolute Gasteiger partial charge is 0.465 e. The Bertz CT molecular complexity index is 1240. The number of nitrogens with zero attached hydrogens (tertiary/aromatic N) is 2. The summed E-state index contributed by atoms with van der Waals surface area (Å²) in [4.78, 5) is 39.0. The van der Waals surface area contributed by atoms with E-state index in [9.17, 15) is 14.4 Å². The highest BCUT2D eigenvalue weighted by molar-refractivity contribution is 6.07. The first-order valence-electron chi connectivity index (χ1n) is 11.2. The second-order valence-electron chi connectivity index (χ2n) is 9.32. The van der Waals surface area contributed by atoms with Crippen LogP contribution in [0.15, 0.2) is 48.7 Å². The first-order valence-corrected chi connectivity index (χ1v) is 11.2. The first kappa shape index (κ1) is 23.4. The lowest BCUT2D eigenvalue weighted by Gasteiger charge is -2.26. The van der Waals surface area contributed by atoms with E-state index in [0.29, 0.717) is 37.3 Å². The van der Waals surface area contributed by atoms with Crippen molar-refractivity contribution >= 4 is 28.9 Å². The number of carbonyl (C=O) groups excluding carboxylic acids is 3. The zero-order chi connectivity index (χ0) is 24.5. The summed E-state index contributed by atoms with van der Waals surface area (Å²) in [6.45, 7) is 7.36. The molecule has 0 saturated heterocycles. The predicted octanol–water partition coefficient (Wildman–Crippen LogP) is 4.11. The van der Waals surface area contributed by atoms with E-state index < -0.39 is 11.6 Å². The molecule has 1 N–H and O–H groups in total. The molecule has 0 spiro atoms. The molecule has 0 atom stereocenters. The van der Waals surface area contributed by atoms with E-state index in [0.717, 1.165) is 22.0 Å². The molecule has 1 aliphatic rings. The average molecular weight is 464 g/mol. The molecule has 3 aromatic rings. The summed E-state index contributed by atoms with van der Waals surface area (Å²) < 4.78 is 12.3. The predicted molar refractivity (Wildman–Crippen MR) is 128 cm³/mol. The fraction of sp³-hybridized carbons (Fsp3) is 0.346. The number of para-hydroxylation sites is 1. The van der Waals surface area contributed by atoms with Crippen LogP contribution in [0, 0.1) is 0 Å². The van der Waals surface area contributed by atoms with E-state index in [1.54, 1.807) is 29.2 Å². The number of rotatable bonds is 4. The van der Waals surface area contributed by atoms with Gasteiger partial charge in [0.05, 0.1) is 30.3 Å². The molecular formula is C26H29N3O5. The molecule has 0 radical (unpaired) electrons. The smallest absolute Gasteiger partial charge is 0.410 e. The maximum Gasteiger partial charge on any atom is 0.410 e. The summed E-state index contributed by atoms with van der Waals surface area (Å²) in [5, 5.41) is 3.81. The van der Waals surface area contributed by atoms with E-state index in [1.807, 2.05) is 49.7 Å². The van der Waals surface area contributed by atoms with Gasteiger partial charge in [0.2, 0.25) is 0 Å². The van der Waals surface area contributed by atoms with Crippen molar-refractivity contribution < 1.29 is 23.9 Å². The molecule has 4 rings (SSSR count). The summed E-state index contributed by atoms with van der Waals surface area (Å²) in [5.74, 6) is -0.576. The summed E-state index contributed by atoms with van der Waals surface area (Å²) >= 11 is 0. The number of carbonyl (C=O) groups is 3. The Morgan fingerprint density at radius 3 is 2.44 bits per heavy atom. The standard InChI is InChI=1S/C26H29N3O5/c1-26(2,3)34-25(32)29-13-12-28-16-21(20-7-5-6-19(15-29)22(20)28)23(30)27-14-17-8-10-18(11-9-17)24(31)33-4/h5-11,16H,12-15H2,1-4H3,(H,27,30). The number of amides is 2. The second-order valence-corrected chi connectivity index (χ2v) is 9.32. The molecule has 178 valence electrons. The minimum Gasteiger partial charge on any atom is -0.465 e. The van der Waals surface area contributed by atoms with E-state index in [4.69, 9.17) is 9.47 Å². The van der Waals surface area contributed by atoms with Gasteiger partial charge in [0, 0.05) is 31.2 Å². The van der Waals surface area contributed by atoms with Crippen LogP contribution in [0.3, 0.4) is 0 Å². The highest BCUT2D eigenvalue weighted by Gasteiger charge is 2.27. The van der Waals surface area contributed by atoms with Gasteiger partial charge in [-0.25, -0.2) is 9.59 Å². The van der Waals surface area contributed by atoms with E-state index in [-0.39, 0.29) is 12.0 Å². The lowest BCUT2D eigenvalue weighted by atomic mass is 10.1. The molecule has 1 aromatic heterocycles. The highest BCUT2D eigenvalue weighted by atomic mass is 16.6. The molecule has 34 heavy (non-hydrogen) atoms. The van der Waals surface area contributed by atoms with Gasteiger partial charge in [0.25, 0.3) is 5.91 Å². The van der Waals surface area contributed by atoms with Crippen LogP contribution in [-0.4, -0.2) is 46.7 Å². The molecule has 8 nitrogen and oxygen atoms in total. The van der Waals surface area contributed by atoms with E-state index >= 15 is 0 Å². The summed E-state index contributed by atoms with van der Waals surface area (Å²) in [7, 11) is 1.34. The average Bonchev–Trinajstić information content (AvgIpc) is 3.07. The summed E-state index contributed by atoms with van der Waals surface area (Å²) in [5.41, 5.74) is 3.30. The normalized spacial score (nSPS) is 13.4. The summed E-state index contributed by atoms with van der Waals surface area (Å²) in [6, 6.07) is 12.7. The van der Waals surface area contributed by atoms with Gasteiger partial charge < -0.3 is 24.3 Å². The molecule has 1 aliphatic heterocycles. The Morgan fingerprint density at radius 1 is 1.03 bits per heavy atom. The lowest BCUT2D eigenvalue weighted by molar-refractivity contribution is 0.0232. The van der Waals surface area contributed by atoms with Crippen LogP contribution in [-0.2, 0) is 29.1 Å². The Labute approximate surface area is 198 Å². The highest BCUT2D eigenvalue weighted by Crippen LogP contribution is 2.28. The van der Waals surface area contributed by atoms with Crippen molar-refractivity contribution in [3.05, 3.63) is 70.9 Å². The molecule has 0 bridgehead atoms.